The van der Waals surface area contributed by atoms with Gasteiger partial charge in [-0.3, -0.25) is 4.98 Å². The number of nitrogens with zero attached hydrogens (tertiary/aromatic N) is 3. The fourth-order valence-corrected chi connectivity index (χ4v) is 2.03. The summed E-state index contributed by atoms with van der Waals surface area (Å²) in [6.45, 7) is 3.04. The van der Waals surface area contributed by atoms with Gasteiger partial charge in [-0.1, -0.05) is 5.16 Å². The van der Waals surface area contributed by atoms with E-state index in [-0.39, 0.29) is 6.04 Å². The zero-order valence-electron chi connectivity index (χ0n) is 9.68. The summed E-state index contributed by atoms with van der Waals surface area (Å²) in [6, 6.07) is 4.11. The molecular formula is C12H14N4O. The van der Waals surface area contributed by atoms with Crippen LogP contribution in [0.5, 0.6) is 0 Å². The van der Waals surface area contributed by atoms with Crippen molar-refractivity contribution in [1.29, 1.82) is 0 Å². The molecule has 5 heteroatoms. The van der Waals surface area contributed by atoms with E-state index in [0.717, 1.165) is 30.6 Å². The molecule has 2 aromatic rings. The minimum absolute atomic E-state index is 0.209. The van der Waals surface area contributed by atoms with Crippen LogP contribution >= 0.6 is 0 Å². The molecule has 88 valence electrons. The van der Waals surface area contributed by atoms with E-state index in [0.29, 0.717) is 11.7 Å². The molecule has 2 aromatic heterocycles. The van der Waals surface area contributed by atoms with Crippen LogP contribution in [0, 0.1) is 6.92 Å². The van der Waals surface area contributed by atoms with Gasteiger partial charge in [0, 0.05) is 6.20 Å². The number of hydrogen-bond donors (Lipinski definition) is 1. The lowest BCUT2D eigenvalue weighted by molar-refractivity contribution is 0.345. The van der Waals surface area contributed by atoms with Crippen molar-refractivity contribution in [3.63, 3.8) is 0 Å². The number of rotatable bonds is 2. The summed E-state index contributed by atoms with van der Waals surface area (Å²) >= 11 is 0. The first-order valence-corrected chi connectivity index (χ1v) is 5.83. The van der Waals surface area contributed by atoms with Gasteiger partial charge in [0.25, 0.3) is 0 Å². The van der Waals surface area contributed by atoms with Gasteiger partial charge < -0.3 is 9.84 Å². The van der Waals surface area contributed by atoms with Crippen LogP contribution in [0.1, 0.15) is 30.3 Å². The first-order valence-electron chi connectivity index (χ1n) is 5.83. The number of hydrogen-bond acceptors (Lipinski definition) is 5. The van der Waals surface area contributed by atoms with Crippen LogP contribution in [-0.2, 0) is 0 Å². The van der Waals surface area contributed by atoms with Gasteiger partial charge in [0.1, 0.15) is 5.69 Å². The molecular weight excluding hydrogens is 216 g/mol. The molecule has 1 aliphatic rings. The maximum absolute atomic E-state index is 5.28. The lowest BCUT2D eigenvalue weighted by atomic mass is 10.2. The Balaban J connectivity index is 1.89. The molecule has 17 heavy (non-hydrogen) atoms. The molecule has 1 N–H and O–H groups in total. The first kappa shape index (κ1) is 10.4. The number of pyridine rings is 1. The monoisotopic (exact) mass is 230 g/mol. The second kappa shape index (κ2) is 4.25. The average Bonchev–Trinajstić information content (AvgIpc) is 3.00. The van der Waals surface area contributed by atoms with Crippen molar-refractivity contribution in [2.24, 2.45) is 0 Å². The maximum atomic E-state index is 5.28. The third kappa shape index (κ3) is 2.06. The molecule has 1 aliphatic heterocycles. The van der Waals surface area contributed by atoms with Crippen molar-refractivity contribution in [1.82, 2.24) is 20.4 Å². The van der Waals surface area contributed by atoms with E-state index in [1.54, 1.807) is 6.20 Å². The van der Waals surface area contributed by atoms with E-state index in [4.69, 9.17) is 4.52 Å². The van der Waals surface area contributed by atoms with Crippen molar-refractivity contribution in [3.05, 3.63) is 29.8 Å². The molecule has 0 saturated carbocycles. The van der Waals surface area contributed by atoms with Crippen molar-refractivity contribution in [2.45, 2.75) is 25.8 Å². The summed E-state index contributed by atoms with van der Waals surface area (Å²) in [4.78, 5) is 8.65. The predicted octanol–water partition coefficient (Wildman–Crippen LogP) is 1.86. The lowest BCUT2D eigenvalue weighted by Gasteiger charge is -2.01. The van der Waals surface area contributed by atoms with Crippen molar-refractivity contribution < 1.29 is 4.52 Å². The predicted molar refractivity (Wildman–Crippen MR) is 62.2 cm³/mol. The minimum atomic E-state index is 0.209. The number of aromatic nitrogens is 3. The molecule has 0 radical (unpaired) electrons. The van der Waals surface area contributed by atoms with Gasteiger partial charge >= 0.3 is 0 Å². The SMILES string of the molecule is Cc1ccnc(-c2noc([C@H]3CCCN3)n2)c1. The highest BCUT2D eigenvalue weighted by Crippen LogP contribution is 2.23. The van der Waals surface area contributed by atoms with E-state index >= 15 is 0 Å². The molecule has 1 saturated heterocycles. The smallest absolute Gasteiger partial charge is 0.244 e. The minimum Gasteiger partial charge on any atom is -0.337 e. The number of aryl methyl sites for hydroxylation is 1. The van der Waals surface area contributed by atoms with Crippen LogP contribution in [0.2, 0.25) is 0 Å². The summed E-state index contributed by atoms with van der Waals surface area (Å²) < 4.78 is 5.28. The van der Waals surface area contributed by atoms with Gasteiger partial charge in [-0.2, -0.15) is 4.98 Å². The van der Waals surface area contributed by atoms with Gasteiger partial charge in [0.05, 0.1) is 6.04 Å². The molecule has 0 amide bonds. The first-order chi connectivity index (χ1) is 8.33. The van der Waals surface area contributed by atoms with E-state index in [9.17, 15) is 0 Å². The van der Waals surface area contributed by atoms with Gasteiger partial charge in [-0.15, -0.1) is 0 Å². The molecule has 0 bridgehead atoms. The number of nitrogens with one attached hydrogen (secondary N) is 1. The molecule has 1 atom stereocenters. The molecule has 5 nitrogen and oxygen atoms in total. The largest absolute Gasteiger partial charge is 0.337 e. The van der Waals surface area contributed by atoms with Crippen molar-refractivity contribution in [2.75, 3.05) is 6.54 Å². The van der Waals surface area contributed by atoms with Gasteiger partial charge in [0.2, 0.25) is 11.7 Å². The third-order valence-corrected chi connectivity index (χ3v) is 2.94. The van der Waals surface area contributed by atoms with Gasteiger partial charge in [-0.05, 0) is 44.0 Å². The summed E-state index contributed by atoms with van der Waals surface area (Å²) in [5.41, 5.74) is 1.90. The van der Waals surface area contributed by atoms with E-state index in [2.05, 4.69) is 20.4 Å². The fourth-order valence-electron chi connectivity index (χ4n) is 2.03. The standard InChI is InChI=1S/C12H14N4O/c1-8-4-6-14-10(7-8)11-15-12(17-16-11)9-3-2-5-13-9/h4,6-7,9,13H,2-3,5H2,1H3/t9-/m1/s1. The molecule has 0 unspecified atom stereocenters. The Hall–Kier alpha value is -1.75. The Bertz CT molecular complexity index is 517. The highest BCUT2D eigenvalue weighted by molar-refractivity contribution is 5.48. The Morgan fingerprint density at radius 2 is 2.41 bits per heavy atom. The van der Waals surface area contributed by atoms with Gasteiger partial charge in [0.15, 0.2) is 0 Å². The molecule has 0 aliphatic carbocycles. The zero-order chi connectivity index (χ0) is 11.7. The zero-order valence-corrected chi connectivity index (χ0v) is 9.68. The van der Waals surface area contributed by atoms with Crippen LogP contribution in [0.3, 0.4) is 0 Å². The van der Waals surface area contributed by atoms with Gasteiger partial charge in [-0.25, -0.2) is 0 Å². The highest BCUT2D eigenvalue weighted by Gasteiger charge is 2.22. The lowest BCUT2D eigenvalue weighted by Crippen LogP contribution is -2.12. The maximum Gasteiger partial charge on any atom is 0.244 e. The normalized spacial score (nSPS) is 19.7. The molecule has 0 spiro atoms. The second-order valence-corrected chi connectivity index (χ2v) is 4.32. The summed E-state index contributed by atoms with van der Waals surface area (Å²) in [5, 5.41) is 7.32. The van der Waals surface area contributed by atoms with Crippen LogP contribution in [0.4, 0.5) is 0 Å². The topological polar surface area (TPSA) is 63.8 Å². The van der Waals surface area contributed by atoms with Crippen LogP contribution in [-0.4, -0.2) is 21.7 Å². The summed E-state index contributed by atoms with van der Waals surface area (Å²) in [7, 11) is 0. The quantitative estimate of drug-likeness (QED) is 0.853. The van der Waals surface area contributed by atoms with E-state index in [1.165, 1.54) is 0 Å². The molecule has 1 fully saturated rings. The fraction of sp³-hybridized carbons (Fsp3) is 0.417. The van der Waals surface area contributed by atoms with Crippen molar-refractivity contribution >= 4 is 0 Å². The third-order valence-electron chi connectivity index (χ3n) is 2.94. The van der Waals surface area contributed by atoms with E-state index in [1.807, 2.05) is 19.1 Å². The Morgan fingerprint density at radius 1 is 1.47 bits per heavy atom. The van der Waals surface area contributed by atoms with Crippen LogP contribution in [0.15, 0.2) is 22.9 Å². The summed E-state index contributed by atoms with van der Waals surface area (Å²) in [6.07, 6.45) is 3.97. The molecule has 3 rings (SSSR count). The highest BCUT2D eigenvalue weighted by atomic mass is 16.5. The van der Waals surface area contributed by atoms with E-state index < -0.39 is 0 Å². The van der Waals surface area contributed by atoms with Crippen molar-refractivity contribution in [3.8, 4) is 11.5 Å². The van der Waals surface area contributed by atoms with Crippen LogP contribution in [0.25, 0.3) is 11.5 Å². The average molecular weight is 230 g/mol. The summed E-state index contributed by atoms with van der Waals surface area (Å²) in [5.74, 6) is 1.23. The Labute approximate surface area is 99.3 Å². The second-order valence-electron chi connectivity index (χ2n) is 4.32. The Morgan fingerprint density at radius 3 is 3.18 bits per heavy atom. The molecule has 3 heterocycles. The Kier molecular flexibility index (Phi) is 2.60. The van der Waals surface area contributed by atoms with Crippen LogP contribution < -0.4 is 5.32 Å². The molecule has 0 aromatic carbocycles.